The number of aromatic amines is 1. The van der Waals surface area contributed by atoms with Crippen LogP contribution in [0, 0.1) is 10.1 Å². The molecule has 3 heterocycles. The molecule has 0 unspecified atom stereocenters. The maximum atomic E-state index is 12.6. The van der Waals surface area contributed by atoms with E-state index in [1.165, 1.54) is 18.2 Å². The molecule has 10 heteroatoms. The largest absolute Gasteiger partial charge is 0.433 e. The van der Waals surface area contributed by atoms with Crippen LogP contribution in [0.15, 0.2) is 45.9 Å². The summed E-state index contributed by atoms with van der Waals surface area (Å²) in [6.07, 6.45) is 2.91. The van der Waals surface area contributed by atoms with Crippen molar-refractivity contribution >= 4 is 51.5 Å². The summed E-state index contributed by atoms with van der Waals surface area (Å²) in [5.74, 6) is -0.824. The summed E-state index contributed by atoms with van der Waals surface area (Å²) in [5, 5.41) is 17.6. The van der Waals surface area contributed by atoms with Gasteiger partial charge in [0.1, 0.15) is 10.7 Å². The van der Waals surface area contributed by atoms with Crippen molar-refractivity contribution in [2.75, 3.05) is 4.90 Å². The third-order valence-corrected chi connectivity index (χ3v) is 4.41. The Bertz CT molecular complexity index is 1070. The molecule has 2 aromatic heterocycles. The number of aromatic nitrogens is 2. The molecule has 1 N–H and O–H groups in total. The van der Waals surface area contributed by atoms with Gasteiger partial charge in [0, 0.05) is 11.5 Å². The molecule has 25 heavy (non-hydrogen) atoms. The second-order valence-electron chi connectivity index (χ2n) is 5.09. The number of benzene rings is 1. The number of hydrogen-bond donors (Lipinski definition) is 1. The SMILES string of the molecule is O=C1S/C(=C\c2ccc([N+](=O)[O-])o2)C(=O)N1c1ccc2[nH]ncc2c1. The second kappa shape index (κ2) is 5.60. The van der Waals surface area contributed by atoms with E-state index in [9.17, 15) is 19.7 Å². The number of nitrogens with zero attached hydrogens (tertiary/aromatic N) is 3. The van der Waals surface area contributed by atoms with E-state index < -0.39 is 22.0 Å². The summed E-state index contributed by atoms with van der Waals surface area (Å²) >= 11 is 0.742. The van der Waals surface area contributed by atoms with Crippen LogP contribution in [0.2, 0.25) is 0 Å². The van der Waals surface area contributed by atoms with Crippen LogP contribution in [-0.4, -0.2) is 26.3 Å². The standard InChI is InChI=1S/C15H8N4O5S/c20-14-12(6-10-2-4-13(24-10)19(22)23)25-15(21)18(14)9-1-3-11-8(5-9)7-16-17-11/h1-7H,(H,16,17)/b12-6-. The fourth-order valence-corrected chi connectivity index (χ4v) is 3.23. The number of hydrogen-bond acceptors (Lipinski definition) is 7. The lowest BCUT2D eigenvalue weighted by Gasteiger charge is -2.12. The number of fused-ring (bicyclic) bond motifs is 1. The van der Waals surface area contributed by atoms with Crippen molar-refractivity contribution < 1.29 is 18.9 Å². The van der Waals surface area contributed by atoms with E-state index in [1.807, 2.05) is 0 Å². The Balaban J connectivity index is 1.67. The Morgan fingerprint density at radius 2 is 2.12 bits per heavy atom. The number of anilines is 1. The molecule has 0 atom stereocenters. The molecule has 1 aliphatic rings. The average molecular weight is 356 g/mol. The number of nitro groups is 1. The maximum absolute atomic E-state index is 12.6. The van der Waals surface area contributed by atoms with Crippen molar-refractivity contribution in [2.24, 2.45) is 0 Å². The second-order valence-corrected chi connectivity index (χ2v) is 6.08. The van der Waals surface area contributed by atoms with E-state index in [0.717, 1.165) is 27.6 Å². The Morgan fingerprint density at radius 1 is 1.28 bits per heavy atom. The number of H-pyrrole nitrogens is 1. The molecule has 1 fully saturated rings. The highest BCUT2D eigenvalue weighted by Gasteiger charge is 2.36. The van der Waals surface area contributed by atoms with Gasteiger partial charge in [0.25, 0.3) is 11.1 Å². The summed E-state index contributed by atoms with van der Waals surface area (Å²) in [6.45, 7) is 0. The Labute approximate surface area is 143 Å². The molecule has 0 spiro atoms. The molecule has 0 saturated carbocycles. The van der Waals surface area contributed by atoms with Gasteiger partial charge in [-0.05, 0) is 36.0 Å². The molecule has 0 aliphatic carbocycles. The first-order valence-corrected chi connectivity index (χ1v) is 7.80. The number of imide groups is 1. The zero-order chi connectivity index (χ0) is 17.6. The molecule has 4 rings (SSSR count). The molecular formula is C15H8N4O5S. The highest BCUT2D eigenvalue weighted by molar-refractivity contribution is 8.19. The summed E-state index contributed by atoms with van der Waals surface area (Å²) in [5.41, 5.74) is 1.21. The van der Waals surface area contributed by atoms with Gasteiger partial charge >= 0.3 is 5.88 Å². The van der Waals surface area contributed by atoms with E-state index in [0.29, 0.717) is 5.69 Å². The Morgan fingerprint density at radius 3 is 2.88 bits per heavy atom. The van der Waals surface area contributed by atoms with E-state index in [2.05, 4.69) is 10.2 Å². The summed E-state index contributed by atoms with van der Waals surface area (Å²) < 4.78 is 5.00. The number of carbonyl (C=O) groups excluding carboxylic acids is 2. The maximum Gasteiger partial charge on any atom is 0.433 e. The monoisotopic (exact) mass is 356 g/mol. The van der Waals surface area contributed by atoms with Crippen LogP contribution in [0.3, 0.4) is 0 Å². The quantitative estimate of drug-likeness (QED) is 0.434. The van der Waals surface area contributed by atoms with Crippen molar-refractivity contribution in [3.8, 4) is 0 Å². The lowest BCUT2D eigenvalue weighted by atomic mass is 10.2. The number of carbonyl (C=O) groups is 2. The van der Waals surface area contributed by atoms with Gasteiger partial charge in [-0.1, -0.05) is 0 Å². The first-order chi connectivity index (χ1) is 12.0. The minimum atomic E-state index is -0.677. The first-order valence-electron chi connectivity index (χ1n) is 6.98. The highest BCUT2D eigenvalue weighted by atomic mass is 32.2. The van der Waals surface area contributed by atoms with Crippen LogP contribution in [-0.2, 0) is 4.79 Å². The third kappa shape index (κ3) is 2.58. The zero-order valence-corrected chi connectivity index (χ0v) is 13.1. The van der Waals surface area contributed by atoms with Gasteiger partial charge < -0.3 is 4.42 Å². The summed E-state index contributed by atoms with van der Waals surface area (Å²) in [6, 6.07) is 7.58. The number of rotatable bonds is 3. The van der Waals surface area contributed by atoms with E-state index in [4.69, 9.17) is 4.42 Å². The van der Waals surface area contributed by atoms with Gasteiger partial charge in [0.2, 0.25) is 0 Å². The fourth-order valence-electron chi connectivity index (χ4n) is 2.41. The average Bonchev–Trinajstić information content (AvgIpc) is 3.27. The predicted molar refractivity (Wildman–Crippen MR) is 89.9 cm³/mol. The number of furan rings is 1. The predicted octanol–water partition coefficient (Wildman–Crippen LogP) is 3.31. The normalized spacial score (nSPS) is 16.3. The molecule has 0 bridgehead atoms. The van der Waals surface area contributed by atoms with Gasteiger partial charge in [0.05, 0.1) is 28.4 Å². The molecule has 2 amide bonds. The molecule has 3 aromatic rings. The van der Waals surface area contributed by atoms with Crippen LogP contribution < -0.4 is 4.90 Å². The molecule has 1 aromatic carbocycles. The van der Waals surface area contributed by atoms with Crippen LogP contribution in [0.5, 0.6) is 0 Å². The highest BCUT2D eigenvalue weighted by Crippen LogP contribution is 2.36. The van der Waals surface area contributed by atoms with Crippen molar-refractivity contribution in [3.63, 3.8) is 0 Å². The molecule has 0 radical (unpaired) electrons. The van der Waals surface area contributed by atoms with Gasteiger partial charge in [-0.15, -0.1) is 0 Å². The topological polar surface area (TPSA) is 122 Å². The molecule has 9 nitrogen and oxygen atoms in total. The van der Waals surface area contributed by atoms with Crippen molar-refractivity contribution in [1.29, 1.82) is 0 Å². The van der Waals surface area contributed by atoms with Gasteiger partial charge in [-0.2, -0.15) is 5.10 Å². The van der Waals surface area contributed by atoms with Crippen LogP contribution >= 0.6 is 11.8 Å². The lowest BCUT2D eigenvalue weighted by Crippen LogP contribution is -2.27. The Kier molecular flexibility index (Phi) is 3.39. The minimum absolute atomic E-state index is 0.126. The van der Waals surface area contributed by atoms with E-state index >= 15 is 0 Å². The summed E-state index contributed by atoms with van der Waals surface area (Å²) in [4.78, 5) is 35.9. The van der Waals surface area contributed by atoms with Crippen LogP contribution in [0.4, 0.5) is 16.4 Å². The number of thioether (sulfide) groups is 1. The smallest absolute Gasteiger partial charge is 0.401 e. The summed E-state index contributed by atoms with van der Waals surface area (Å²) in [7, 11) is 0. The van der Waals surface area contributed by atoms with E-state index in [1.54, 1.807) is 24.4 Å². The van der Waals surface area contributed by atoms with Gasteiger partial charge in [-0.25, -0.2) is 4.90 Å². The number of amides is 2. The van der Waals surface area contributed by atoms with Crippen molar-refractivity contribution in [3.05, 3.63) is 57.3 Å². The molecule has 1 aliphatic heterocycles. The molecule has 124 valence electrons. The zero-order valence-electron chi connectivity index (χ0n) is 12.3. The van der Waals surface area contributed by atoms with Gasteiger partial charge in [-0.3, -0.25) is 24.8 Å². The van der Waals surface area contributed by atoms with E-state index in [-0.39, 0.29) is 10.7 Å². The molecular weight excluding hydrogens is 348 g/mol. The number of nitrogens with one attached hydrogen (secondary N) is 1. The fraction of sp³-hybridized carbons (Fsp3) is 0. The lowest BCUT2D eigenvalue weighted by molar-refractivity contribution is -0.402. The van der Waals surface area contributed by atoms with Crippen LogP contribution in [0.25, 0.3) is 17.0 Å². The molecule has 1 saturated heterocycles. The van der Waals surface area contributed by atoms with Gasteiger partial charge in [0.15, 0.2) is 0 Å². The van der Waals surface area contributed by atoms with Crippen LogP contribution in [0.1, 0.15) is 5.76 Å². The Hall–Kier alpha value is -3.40. The third-order valence-electron chi connectivity index (χ3n) is 3.54. The first kappa shape index (κ1) is 15.1. The minimum Gasteiger partial charge on any atom is -0.401 e. The van der Waals surface area contributed by atoms with Crippen molar-refractivity contribution in [2.45, 2.75) is 0 Å². The van der Waals surface area contributed by atoms with Crippen molar-refractivity contribution in [1.82, 2.24) is 10.2 Å².